The van der Waals surface area contributed by atoms with Crippen LogP contribution in [0.15, 0.2) is 40.9 Å². The van der Waals surface area contributed by atoms with Crippen molar-refractivity contribution in [3.05, 3.63) is 67.9 Å². The van der Waals surface area contributed by atoms with Crippen molar-refractivity contribution in [1.29, 1.82) is 0 Å². The summed E-state index contributed by atoms with van der Waals surface area (Å²) in [7, 11) is 1.26. The maximum Gasteiger partial charge on any atom is 0.307 e. The van der Waals surface area contributed by atoms with E-state index in [0.717, 1.165) is 16.6 Å². The molecular weight excluding hydrogens is 436 g/mol. The third kappa shape index (κ3) is 5.17. The Balaban J connectivity index is 2.29. The summed E-state index contributed by atoms with van der Waals surface area (Å²) in [6.45, 7) is 0. The zero-order valence-electron chi connectivity index (χ0n) is 13.0. The fraction of sp³-hybridized carbons (Fsp3) is 0.176. The van der Waals surface area contributed by atoms with Gasteiger partial charge in [0.1, 0.15) is 5.82 Å². The van der Waals surface area contributed by atoms with Crippen molar-refractivity contribution >= 4 is 51.0 Å². The van der Waals surface area contributed by atoms with Crippen LogP contribution >= 0.6 is 39.1 Å². The van der Waals surface area contributed by atoms with Crippen LogP contribution in [0.5, 0.6) is 0 Å². The summed E-state index contributed by atoms with van der Waals surface area (Å²) in [4.78, 5) is 24.1. The van der Waals surface area contributed by atoms with E-state index in [-0.39, 0.29) is 22.0 Å². The van der Waals surface area contributed by atoms with Crippen molar-refractivity contribution in [2.75, 3.05) is 7.11 Å². The molecule has 8 heteroatoms. The number of hydrogen-bond donors (Lipinski definition) is 1. The van der Waals surface area contributed by atoms with Crippen LogP contribution in [0, 0.1) is 5.82 Å². The minimum Gasteiger partial charge on any atom is -0.469 e. The quantitative estimate of drug-likeness (QED) is 0.521. The van der Waals surface area contributed by atoms with E-state index in [0.29, 0.717) is 5.56 Å². The third-order valence-corrected chi connectivity index (χ3v) is 4.56. The van der Waals surface area contributed by atoms with Crippen molar-refractivity contribution in [3.8, 4) is 0 Å². The van der Waals surface area contributed by atoms with E-state index in [1.54, 1.807) is 24.3 Å². The number of methoxy groups -OCH3 is 1. The van der Waals surface area contributed by atoms with Crippen LogP contribution in [0.1, 0.15) is 28.4 Å². The Hall–Kier alpha value is -1.63. The zero-order chi connectivity index (χ0) is 18.6. The largest absolute Gasteiger partial charge is 0.469 e. The molecule has 0 bridgehead atoms. The number of carbonyl (C=O) groups excluding carboxylic acids is 2. The number of carbonyl (C=O) groups is 2. The van der Waals surface area contributed by atoms with Gasteiger partial charge in [-0.05, 0) is 29.8 Å². The van der Waals surface area contributed by atoms with Crippen molar-refractivity contribution in [1.82, 2.24) is 5.32 Å². The summed E-state index contributed by atoms with van der Waals surface area (Å²) in [6, 6.07) is 8.51. The van der Waals surface area contributed by atoms with Gasteiger partial charge in [-0.25, -0.2) is 4.39 Å². The van der Waals surface area contributed by atoms with Crippen molar-refractivity contribution in [2.45, 2.75) is 12.5 Å². The lowest BCUT2D eigenvalue weighted by Gasteiger charge is -2.19. The summed E-state index contributed by atoms with van der Waals surface area (Å²) in [5.41, 5.74) is 0.614. The second-order valence-corrected chi connectivity index (χ2v) is 6.83. The standard InChI is InChI=1S/C17H13BrCl2FNO3/c1-25-16(23)8-15(9-2-4-10(18)5-3-9)22-17(24)11-6-14(21)13(20)7-12(11)19/h2-7,15H,8H2,1H3,(H,22,24). The average molecular weight is 449 g/mol. The second-order valence-electron chi connectivity index (χ2n) is 5.10. The highest BCUT2D eigenvalue weighted by Gasteiger charge is 2.22. The van der Waals surface area contributed by atoms with Gasteiger partial charge < -0.3 is 10.1 Å². The first kappa shape index (κ1) is 19.7. The molecule has 0 aromatic heterocycles. The number of halogens is 4. The molecule has 1 N–H and O–H groups in total. The maximum atomic E-state index is 13.6. The first-order valence-electron chi connectivity index (χ1n) is 7.09. The summed E-state index contributed by atoms with van der Waals surface area (Å²) in [5, 5.41) is 2.50. The molecule has 0 aliphatic carbocycles. The molecule has 4 nitrogen and oxygen atoms in total. The van der Waals surface area contributed by atoms with Crippen molar-refractivity contribution < 1.29 is 18.7 Å². The van der Waals surface area contributed by atoms with Crippen LogP contribution in [0.2, 0.25) is 10.0 Å². The fourth-order valence-corrected chi connectivity index (χ4v) is 2.86. The van der Waals surface area contributed by atoms with Crippen LogP contribution in [-0.4, -0.2) is 19.0 Å². The Morgan fingerprint density at radius 2 is 1.84 bits per heavy atom. The molecule has 2 aromatic rings. The van der Waals surface area contributed by atoms with E-state index in [1.807, 2.05) is 0 Å². The molecule has 1 atom stereocenters. The highest BCUT2D eigenvalue weighted by molar-refractivity contribution is 9.10. The average Bonchev–Trinajstić information content (AvgIpc) is 2.58. The Morgan fingerprint density at radius 3 is 2.44 bits per heavy atom. The van der Waals surface area contributed by atoms with Crippen LogP contribution in [-0.2, 0) is 9.53 Å². The Labute approximate surface area is 162 Å². The van der Waals surface area contributed by atoms with Gasteiger partial charge in [-0.1, -0.05) is 51.3 Å². The predicted octanol–water partition coefficient (Wildman–Crippen LogP) is 4.93. The van der Waals surface area contributed by atoms with E-state index in [4.69, 9.17) is 23.2 Å². The molecule has 132 valence electrons. The summed E-state index contributed by atoms with van der Waals surface area (Å²) in [6.07, 6.45) is -0.0858. The van der Waals surface area contributed by atoms with E-state index in [2.05, 4.69) is 26.0 Å². The normalized spacial score (nSPS) is 11.7. The number of hydrogen-bond acceptors (Lipinski definition) is 3. The first-order valence-corrected chi connectivity index (χ1v) is 8.64. The molecule has 1 amide bonds. The molecule has 2 aromatic carbocycles. The molecular formula is C17H13BrCl2FNO3. The number of ether oxygens (including phenoxy) is 1. The number of esters is 1. The van der Waals surface area contributed by atoms with E-state index in [1.165, 1.54) is 7.11 Å². The van der Waals surface area contributed by atoms with Crippen LogP contribution in [0.25, 0.3) is 0 Å². The fourth-order valence-electron chi connectivity index (χ4n) is 2.13. The number of amides is 1. The molecule has 0 aliphatic heterocycles. The monoisotopic (exact) mass is 447 g/mol. The van der Waals surface area contributed by atoms with Crippen molar-refractivity contribution in [3.63, 3.8) is 0 Å². The highest BCUT2D eigenvalue weighted by Crippen LogP contribution is 2.26. The molecule has 0 heterocycles. The van der Waals surface area contributed by atoms with Gasteiger partial charge in [0, 0.05) is 4.47 Å². The molecule has 0 saturated heterocycles. The molecule has 0 aliphatic rings. The molecule has 2 rings (SSSR count). The van der Waals surface area contributed by atoms with Crippen LogP contribution in [0.4, 0.5) is 4.39 Å². The lowest BCUT2D eigenvalue weighted by atomic mass is 10.0. The topological polar surface area (TPSA) is 55.4 Å². The van der Waals surface area contributed by atoms with Crippen molar-refractivity contribution in [2.24, 2.45) is 0 Å². The molecule has 0 saturated carbocycles. The Kier molecular flexibility index (Phi) is 6.81. The Morgan fingerprint density at radius 1 is 1.20 bits per heavy atom. The summed E-state index contributed by atoms with van der Waals surface area (Å²) < 4.78 is 19.2. The molecule has 0 spiro atoms. The molecule has 25 heavy (non-hydrogen) atoms. The summed E-state index contributed by atoms with van der Waals surface area (Å²) >= 11 is 14.9. The number of rotatable bonds is 5. The van der Waals surface area contributed by atoms with E-state index < -0.39 is 23.7 Å². The minimum absolute atomic E-state index is 0.0107. The van der Waals surface area contributed by atoms with Gasteiger partial charge in [0.15, 0.2) is 0 Å². The Bertz CT molecular complexity index is 799. The highest BCUT2D eigenvalue weighted by atomic mass is 79.9. The maximum absolute atomic E-state index is 13.6. The lowest BCUT2D eigenvalue weighted by Crippen LogP contribution is -2.30. The smallest absolute Gasteiger partial charge is 0.307 e. The van der Waals surface area contributed by atoms with Crippen LogP contribution in [0.3, 0.4) is 0 Å². The van der Waals surface area contributed by atoms with Gasteiger partial charge in [0.25, 0.3) is 5.91 Å². The van der Waals surface area contributed by atoms with Gasteiger partial charge in [-0.15, -0.1) is 0 Å². The predicted molar refractivity (Wildman–Crippen MR) is 97.4 cm³/mol. The van der Waals surface area contributed by atoms with Gasteiger partial charge in [-0.3, -0.25) is 9.59 Å². The van der Waals surface area contributed by atoms with Gasteiger partial charge >= 0.3 is 5.97 Å². The van der Waals surface area contributed by atoms with Gasteiger partial charge in [0.2, 0.25) is 0 Å². The number of nitrogens with one attached hydrogen (secondary N) is 1. The SMILES string of the molecule is COC(=O)CC(NC(=O)c1cc(F)c(Cl)cc1Cl)c1ccc(Br)cc1. The van der Waals surface area contributed by atoms with E-state index in [9.17, 15) is 14.0 Å². The lowest BCUT2D eigenvalue weighted by molar-refractivity contribution is -0.141. The molecule has 1 unspecified atom stereocenters. The second kappa shape index (κ2) is 8.65. The van der Waals surface area contributed by atoms with Crippen LogP contribution < -0.4 is 5.32 Å². The molecule has 0 radical (unpaired) electrons. The van der Waals surface area contributed by atoms with Gasteiger partial charge in [0.05, 0.1) is 35.2 Å². The zero-order valence-corrected chi connectivity index (χ0v) is 16.1. The first-order chi connectivity index (χ1) is 11.8. The molecule has 0 fully saturated rings. The third-order valence-electron chi connectivity index (χ3n) is 3.43. The number of benzene rings is 2. The van der Waals surface area contributed by atoms with E-state index >= 15 is 0 Å². The summed E-state index contributed by atoms with van der Waals surface area (Å²) in [5.74, 6) is -1.89. The van der Waals surface area contributed by atoms with Gasteiger partial charge in [-0.2, -0.15) is 0 Å². The minimum atomic E-state index is -0.760.